The van der Waals surface area contributed by atoms with Gasteiger partial charge in [0, 0.05) is 13.1 Å². The lowest BCUT2D eigenvalue weighted by molar-refractivity contribution is 0.0658. The standard InChI is InChI=1S/C18H18ClNO4/c19-16-6-5-15(24-16)17(21)20-9-7-12(8-10-20)11-13-3-1-2-4-14(13)18(22)23/h1-6,12H,7-11H2,(H,22,23). The summed E-state index contributed by atoms with van der Waals surface area (Å²) in [5, 5.41) is 9.47. The van der Waals surface area contributed by atoms with Crippen LogP contribution in [-0.2, 0) is 6.42 Å². The number of benzene rings is 1. The predicted molar refractivity (Wildman–Crippen MR) is 89.5 cm³/mol. The number of likely N-dealkylation sites (tertiary alicyclic amines) is 1. The highest BCUT2D eigenvalue weighted by atomic mass is 35.5. The van der Waals surface area contributed by atoms with E-state index in [1.165, 1.54) is 0 Å². The van der Waals surface area contributed by atoms with Gasteiger partial charge in [-0.05, 0) is 60.5 Å². The molecule has 2 aromatic rings. The van der Waals surface area contributed by atoms with E-state index in [-0.39, 0.29) is 16.9 Å². The van der Waals surface area contributed by atoms with Gasteiger partial charge in [0.25, 0.3) is 5.91 Å². The average molecular weight is 348 g/mol. The molecule has 1 amide bonds. The van der Waals surface area contributed by atoms with Crippen molar-refractivity contribution < 1.29 is 19.1 Å². The number of hydrogen-bond donors (Lipinski definition) is 1. The van der Waals surface area contributed by atoms with Gasteiger partial charge < -0.3 is 14.4 Å². The summed E-state index contributed by atoms with van der Waals surface area (Å²) in [6.45, 7) is 1.27. The summed E-state index contributed by atoms with van der Waals surface area (Å²) in [5.41, 5.74) is 1.22. The number of halogens is 1. The summed E-state index contributed by atoms with van der Waals surface area (Å²) in [6, 6.07) is 10.2. The Morgan fingerprint density at radius 1 is 1.17 bits per heavy atom. The molecule has 0 atom stereocenters. The molecular formula is C18H18ClNO4. The Morgan fingerprint density at radius 3 is 2.50 bits per heavy atom. The quantitative estimate of drug-likeness (QED) is 0.914. The van der Waals surface area contributed by atoms with Gasteiger partial charge in [0.05, 0.1) is 5.56 Å². The van der Waals surface area contributed by atoms with E-state index in [1.807, 2.05) is 12.1 Å². The maximum absolute atomic E-state index is 12.3. The molecule has 1 aliphatic rings. The maximum atomic E-state index is 12.3. The van der Waals surface area contributed by atoms with Gasteiger partial charge in [0.2, 0.25) is 0 Å². The molecular weight excluding hydrogens is 330 g/mol. The van der Waals surface area contributed by atoms with Crippen molar-refractivity contribution in [3.05, 3.63) is 58.5 Å². The van der Waals surface area contributed by atoms with E-state index in [1.54, 1.807) is 29.2 Å². The average Bonchev–Trinajstić information content (AvgIpc) is 3.02. The normalized spacial score (nSPS) is 15.5. The zero-order valence-electron chi connectivity index (χ0n) is 13.1. The largest absolute Gasteiger partial charge is 0.478 e. The highest BCUT2D eigenvalue weighted by Gasteiger charge is 2.26. The summed E-state index contributed by atoms with van der Waals surface area (Å²) in [4.78, 5) is 25.4. The van der Waals surface area contributed by atoms with Crippen molar-refractivity contribution in [1.29, 1.82) is 0 Å². The fourth-order valence-electron chi connectivity index (χ4n) is 3.14. The molecule has 1 N–H and O–H groups in total. The minimum absolute atomic E-state index is 0.147. The number of amides is 1. The van der Waals surface area contributed by atoms with Crippen LogP contribution in [0.2, 0.25) is 5.22 Å². The van der Waals surface area contributed by atoms with Crippen LogP contribution in [0, 0.1) is 5.92 Å². The molecule has 0 spiro atoms. The van der Waals surface area contributed by atoms with Crippen molar-refractivity contribution in [1.82, 2.24) is 4.90 Å². The van der Waals surface area contributed by atoms with Crippen molar-refractivity contribution in [3.8, 4) is 0 Å². The van der Waals surface area contributed by atoms with Gasteiger partial charge in [-0.25, -0.2) is 4.79 Å². The molecule has 2 heterocycles. The van der Waals surface area contributed by atoms with Gasteiger partial charge in [-0.3, -0.25) is 4.79 Å². The van der Waals surface area contributed by atoms with Crippen molar-refractivity contribution >= 4 is 23.5 Å². The Labute approximate surface area is 144 Å². The van der Waals surface area contributed by atoms with E-state index >= 15 is 0 Å². The van der Waals surface area contributed by atoms with Crippen LogP contribution in [0.4, 0.5) is 0 Å². The second-order valence-corrected chi connectivity index (χ2v) is 6.38. The number of furan rings is 1. The predicted octanol–water partition coefficient (Wildman–Crippen LogP) is 3.73. The molecule has 1 aliphatic heterocycles. The van der Waals surface area contributed by atoms with Gasteiger partial charge in [0.15, 0.2) is 11.0 Å². The number of carbonyl (C=O) groups excluding carboxylic acids is 1. The van der Waals surface area contributed by atoms with Crippen molar-refractivity contribution in [3.63, 3.8) is 0 Å². The third-order valence-corrected chi connectivity index (χ3v) is 4.65. The van der Waals surface area contributed by atoms with Crippen LogP contribution >= 0.6 is 11.6 Å². The first kappa shape index (κ1) is 16.6. The van der Waals surface area contributed by atoms with Gasteiger partial charge in [0.1, 0.15) is 0 Å². The lowest BCUT2D eigenvalue weighted by Gasteiger charge is -2.31. The molecule has 1 aromatic carbocycles. The first-order valence-corrected chi connectivity index (χ1v) is 8.28. The summed E-state index contributed by atoms with van der Waals surface area (Å²) in [5.74, 6) is -0.413. The minimum Gasteiger partial charge on any atom is -0.478 e. The highest BCUT2D eigenvalue weighted by molar-refractivity contribution is 6.29. The second-order valence-electron chi connectivity index (χ2n) is 6.01. The lowest BCUT2D eigenvalue weighted by Crippen LogP contribution is -2.38. The molecule has 24 heavy (non-hydrogen) atoms. The lowest BCUT2D eigenvalue weighted by atomic mass is 9.88. The van der Waals surface area contributed by atoms with Gasteiger partial charge in [-0.2, -0.15) is 0 Å². The van der Waals surface area contributed by atoms with E-state index in [0.29, 0.717) is 24.6 Å². The maximum Gasteiger partial charge on any atom is 0.335 e. The van der Waals surface area contributed by atoms with Crippen LogP contribution in [0.25, 0.3) is 0 Å². The summed E-state index contributed by atoms with van der Waals surface area (Å²) in [6.07, 6.45) is 2.40. The molecule has 0 saturated carbocycles. The Morgan fingerprint density at radius 2 is 1.88 bits per heavy atom. The molecule has 0 radical (unpaired) electrons. The number of carboxylic acid groups (broad SMARTS) is 1. The van der Waals surface area contributed by atoms with Crippen molar-refractivity contribution in [2.24, 2.45) is 5.92 Å². The smallest absolute Gasteiger partial charge is 0.335 e. The summed E-state index contributed by atoms with van der Waals surface area (Å²) >= 11 is 5.71. The number of aromatic carboxylic acids is 1. The molecule has 1 saturated heterocycles. The second kappa shape index (κ2) is 7.09. The zero-order chi connectivity index (χ0) is 17.1. The molecule has 5 nitrogen and oxygen atoms in total. The molecule has 126 valence electrons. The Balaban J connectivity index is 1.60. The van der Waals surface area contributed by atoms with Gasteiger partial charge in [-0.1, -0.05) is 18.2 Å². The molecule has 0 unspecified atom stereocenters. The highest BCUT2D eigenvalue weighted by Crippen LogP contribution is 2.25. The van der Waals surface area contributed by atoms with Crippen molar-refractivity contribution in [2.45, 2.75) is 19.3 Å². The van der Waals surface area contributed by atoms with E-state index < -0.39 is 5.97 Å². The SMILES string of the molecule is O=C(O)c1ccccc1CC1CCN(C(=O)c2ccc(Cl)o2)CC1. The van der Waals surface area contributed by atoms with E-state index in [4.69, 9.17) is 16.0 Å². The van der Waals surface area contributed by atoms with Gasteiger partial charge in [-0.15, -0.1) is 0 Å². The first-order chi connectivity index (χ1) is 11.5. The van der Waals surface area contributed by atoms with Crippen LogP contribution in [0.1, 0.15) is 39.3 Å². The Hall–Kier alpha value is -2.27. The van der Waals surface area contributed by atoms with E-state index in [9.17, 15) is 14.7 Å². The van der Waals surface area contributed by atoms with E-state index in [2.05, 4.69) is 0 Å². The minimum atomic E-state index is -0.895. The number of piperidine rings is 1. The van der Waals surface area contributed by atoms with E-state index in [0.717, 1.165) is 24.8 Å². The van der Waals surface area contributed by atoms with Crippen LogP contribution in [0.15, 0.2) is 40.8 Å². The number of carboxylic acids is 1. The molecule has 1 aromatic heterocycles. The zero-order valence-corrected chi connectivity index (χ0v) is 13.8. The van der Waals surface area contributed by atoms with Crippen molar-refractivity contribution in [2.75, 3.05) is 13.1 Å². The summed E-state index contributed by atoms with van der Waals surface area (Å²) in [7, 11) is 0. The molecule has 0 bridgehead atoms. The third kappa shape index (κ3) is 3.62. The number of rotatable bonds is 4. The number of hydrogen-bond acceptors (Lipinski definition) is 3. The van der Waals surface area contributed by atoms with Crippen LogP contribution in [0.5, 0.6) is 0 Å². The molecule has 6 heteroatoms. The first-order valence-electron chi connectivity index (χ1n) is 7.90. The number of nitrogens with zero attached hydrogens (tertiary/aromatic N) is 1. The molecule has 0 aliphatic carbocycles. The number of carbonyl (C=O) groups is 2. The van der Waals surface area contributed by atoms with Crippen LogP contribution in [-0.4, -0.2) is 35.0 Å². The molecule has 3 rings (SSSR count). The monoisotopic (exact) mass is 347 g/mol. The third-order valence-electron chi connectivity index (χ3n) is 4.44. The van der Waals surface area contributed by atoms with Crippen LogP contribution < -0.4 is 0 Å². The summed E-state index contributed by atoms with van der Waals surface area (Å²) < 4.78 is 5.17. The van der Waals surface area contributed by atoms with Gasteiger partial charge >= 0.3 is 5.97 Å². The van der Waals surface area contributed by atoms with Crippen LogP contribution in [0.3, 0.4) is 0 Å². The molecule has 1 fully saturated rings. The Bertz CT molecular complexity index is 747. The topological polar surface area (TPSA) is 70.8 Å². The fourth-order valence-corrected chi connectivity index (χ4v) is 3.29. The fraction of sp³-hybridized carbons (Fsp3) is 0.333. The Kier molecular flexibility index (Phi) is 4.90.